The number of rotatable bonds is 1. The van der Waals surface area contributed by atoms with Crippen LogP contribution in [0.1, 0.15) is 11.1 Å². The molecule has 0 aliphatic carbocycles. The third kappa shape index (κ3) is 3.04. The Balaban J connectivity index is 2.07. The van der Waals surface area contributed by atoms with Gasteiger partial charge in [0.15, 0.2) is 5.17 Å². The van der Waals surface area contributed by atoms with Crippen molar-refractivity contribution in [2.45, 2.75) is 13.8 Å². The molecule has 1 heterocycles. The number of hydrogen-bond acceptors (Lipinski definition) is 2. The van der Waals surface area contributed by atoms with Gasteiger partial charge < -0.3 is 10.2 Å². The van der Waals surface area contributed by atoms with Gasteiger partial charge in [-0.2, -0.15) is 4.99 Å². The number of urea groups is 1. The summed E-state index contributed by atoms with van der Waals surface area (Å²) in [5.74, 6) is 0.992. The lowest BCUT2D eigenvalue weighted by Gasteiger charge is -2.10. The summed E-state index contributed by atoms with van der Waals surface area (Å²) in [5.41, 5.74) is 3.06. The van der Waals surface area contributed by atoms with Gasteiger partial charge in [-0.1, -0.05) is 29.5 Å². The van der Waals surface area contributed by atoms with E-state index in [9.17, 15) is 4.79 Å². The maximum Gasteiger partial charge on any atom is 0.347 e. The topological polar surface area (TPSA) is 44.7 Å². The fraction of sp³-hybridized carbons (Fsp3) is 0.385. The van der Waals surface area contributed by atoms with Crippen molar-refractivity contribution in [1.29, 1.82) is 0 Å². The van der Waals surface area contributed by atoms with Crippen molar-refractivity contribution in [1.82, 2.24) is 4.90 Å². The molecule has 18 heavy (non-hydrogen) atoms. The average Bonchev–Trinajstić information content (AvgIpc) is 2.69. The maximum atomic E-state index is 11.8. The summed E-state index contributed by atoms with van der Waals surface area (Å²) in [6.45, 7) is 4.95. The molecule has 1 aliphatic rings. The molecular weight excluding hydrogens is 246 g/mol. The van der Waals surface area contributed by atoms with Gasteiger partial charge >= 0.3 is 6.03 Å². The molecule has 1 aromatic carbocycles. The third-order valence-electron chi connectivity index (χ3n) is 2.81. The molecule has 0 bridgehead atoms. The molecule has 2 rings (SSSR count). The van der Waals surface area contributed by atoms with E-state index in [-0.39, 0.29) is 6.03 Å². The first-order valence-electron chi connectivity index (χ1n) is 5.87. The lowest BCUT2D eigenvalue weighted by Crippen LogP contribution is -2.20. The highest BCUT2D eigenvalue weighted by molar-refractivity contribution is 8.14. The van der Waals surface area contributed by atoms with E-state index < -0.39 is 0 Å². The number of carbonyl (C=O) groups is 1. The molecule has 0 saturated carbocycles. The summed E-state index contributed by atoms with van der Waals surface area (Å²) in [4.78, 5) is 17.9. The second kappa shape index (κ2) is 5.44. The van der Waals surface area contributed by atoms with E-state index in [1.54, 1.807) is 11.8 Å². The number of carbonyl (C=O) groups excluding carboxylic acids is 1. The summed E-state index contributed by atoms with van der Waals surface area (Å²) in [7, 11) is 1.95. The average molecular weight is 263 g/mol. The minimum absolute atomic E-state index is 0.307. The van der Waals surface area contributed by atoms with Crippen molar-refractivity contribution < 1.29 is 4.79 Å². The summed E-state index contributed by atoms with van der Waals surface area (Å²) in [6.07, 6.45) is 0. The zero-order chi connectivity index (χ0) is 13.1. The summed E-state index contributed by atoms with van der Waals surface area (Å²) in [5, 5.41) is 3.61. The van der Waals surface area contributed by atoms with E-state index >= 15 is 0 Å². The van der Waals surface area contributed by atoms with Crippen LogP contribution in [0, 0.1) is 13.8 Å². The number of anilines is 1. The van der Waals surface area contributed by atoms with Crippen molar-refractivity contribution >= 4 is 28.6 Å². The van der Waals surface area contributed by atoms with Gasteiger partial charge in [0.2, 0.25) is 0 Å². The van der Waals surface area contributed by atoms with Gasteiger partial charge in [0, 0.05) is 25.0 Å². The minimum atomic E-state index is -0.307. The summed E-state index contributed by atoms with van der Waals surface area (Å²) < 4.78 is 0. The Labute approximate surface area is 111 Å². The number of thioether (sulfide) groups is 1. The van der Waals surface area contributed by atoms with Crippen molar-refractivity contribution in [2.75, 3.05) is 24.7 Å². The van der Waals surface area contributed by atoms with Gasteiger partial charge in [-0.15, -0.1) is 0 Å². The van der Waals surface area contributed by atoms with Crippen molar-refractivity contribution in [3.8, 4) is 0 Å². The first kappa shape index (κ1) is 13.0. The van der Waals surface area contributed by atoms with Crippen molar-refractivity contribution in [3.05, 3.63) is 29.3 Å². The normalized spacial score (nSPS) is 17.3. The molecule has 0 aromatic heterocycles. The first-order chi connectivity index (χ1) is 8.56. The first-order valence-corrected chi connectivity index (χ1v) is 6.85. The van der Waals surface area contributed by atoms with Crippen LogP contribution in [-0.4, -0.2) is 35.4 Å². The second-order valence-electron chi connectivity index (χ2n) is 4.41. The molecular formula is C13H17N3OS. The standard InChI is InChI=1S/C13H17N3OS/c1-9-4-5-11(10(2)8-9)14-12(17)15-13-16(3)6-7-18-13/h4-5,8H,6-7H2,1-3H3,(H,14,17). The number of benzene rings is 1. The van der Waals surface area contributed by atoms with Crippen LogP contribution in [-0.2, 0) is 0 Å². The van der Waals surface area contributed by atoms with E-state index in [1.165, 1.54) is 5.56 Å². The van der Waals surface area contributed by atoms with E-state index in [0.717, 1.165) is 28.7 Å². The van der Waals surface area contributed by atoms with Gasteiger partial charge in [-0.05, 0) is 25.5 Å². The monoisotopic (exact) mass is 263 g/mol. The SMILES string of the molecule is Cc1ccc(NC(=O)N=C2SCCN2C)c(C)c1. The summed E-state index contributed by atoms with van der Waals surface area (Å²) in [6, 6.07) is 5.62. The minimum Gasteiger partial charge on any atom is -0.353 e. The fourth-order valence-corrected chi connectivity index (χ4v) is 2.79. The van der Waals surface area contributed by atoms with Crippen LogP contribution in [0.5, 0.6) is 0 Å². The molecule has 0 atom stereocenters. The van der Waals surface area contributed by atoms with Gasteiger partial charge in [0.1, 0.15) is 0 Å². The quantitative estimate of drug-likeness (QED) is 0.847. The van der Waals surface area contributed by atoms with Crippen LogP contribution in [0.3, 0.4) is 0 Å². The zero-order valence-corrected chi connectivity index (χ0v) is 11.7. The molecule has 96 valence electrons. The van der Waals surface area contributed by atoms with Crippen LogP contribution in [0.2, 0.25) is 0 Å². The lowest BCUT2D eigenvalue weighted by molar-refractivity contribution is 0.259. The van der Waals surface area contributed by atoms with E-state index in [0.29, 0.717) is 0 Å². The second-order valence-corrected chi connectivity index (χ2v) is 5.47. The number of nitrogens with one attached hydrogen (secondary N) is 1. The Morgan fingerprint density at radius 1 is 1.44 bits per heavy atom. The van der Waals surface area contributed by atoms with Gasteiger partial charge in [0.05, 0.1) is 0 Å². The Morgan fingerprint density at radius 3 is 2.83 bits per heavy atom. The largest absolute Gasteiger partial charge is 0.353 e. The highest BCUT2D eigenvalue weighted by Crippen LogP contribution is 2.18. The predicted molar refractivity (Wildman–Crippen MR) is 77.5 cm³/mol. The van der Waals surface area contributed by atoms with Crippen LogP contribution < -0.4 is 5.32 Å². The molecule has 1 N–H and O–H groups in total. The van der Waals surface area contributed by atoms with Gasteiger partial charge in [-0.3, -0.25) is 0 Å². The molecule has 1 aliphatic heterocycles. The third-order valence-corrected chi connectivity index (χ3v) is 3.85. The predicted octanol–water partition coefficient (Wildman–Crippen LogP) is 2.87. The highest BCUT2D eigenvalue weighted by atomic mass is 32.2. The molecule has 2 amide bonds. The molecule has 1 fully saturated rings. The Bertz CT molecular complexity index is 499. The van der Waals surface area contributed by atoms with E-state index in [4.69, 9.17) is 0 Å². The molecule has 0 unspecified atom stereocenters. The molecule has 1 aromatic rings. The molecule has 4 nitrogen and oxygen atoms in total. The van der Waals surface area contributed by atoms with Crippen molar-refractivity contribution in [3.63, 3.8) is 0 Å². The number of aliphatic imine (C=N–C) groups is 1. The number of aryl methyl sites for hydroxylation is 2. The number of hydrogen-bond donors (Lipinski definition) is 1. The maximum absolute atomic E-state index is 11.8. The van der Waals surface area contributed by atoms with E-state index in [1.807, 2.05) is 44.0 Å². The van der Waals surface area contributed by atoms with Crippen LogP contribution in [0.25, 0.3) is 0 Å². The molecule has 0 radical (unpaired) electrons. The Morgan fingerprint density at radius 2 is 2.22 bits per heavy atom. The zero-order valence-electron chi connectivity index (χ0n) is 10.9. The van der Waals surface area contributed by atoms with Gasteiger partial charge in [-0.25, -0.2) is 4.79 Å². The van der Waals surface area contributed by atoms with Crippen molar-refractivity contribution in [2.24, 2.45) is 4.99 Å². The van der Waals surface area contributed by atoms with E-state index in [2.05, 4.69) is 10.3 Å². The van der Waals surface area contributed by atoms with Gasteiger partial charge in [0.25, 0.3) is 0 Å². The van der Waals surface area contributed by atoms with Crippen LogP contribution in [0.15, 0.2) is 23.2 Å². The summed E-state index contributed by atoms with van der Waals surface area (Å²) >= 11 is 1.61. The fourth-order valence-electron chi connectivity index (χ4n) is 1.78. The molecule has 1 saturated heterocycles. The lowest BCUT2D eigenvalue weighted by atomic mass is 10.1. The Hall–Kier alpha value is -1.49. The highest BCUT2D eigenvalue weighted by Gasteiger charge is 2.16. The Kier molecular flexibility index (Phi) is 3.91. The van der Waals surface area contributed by atoms with Crippen LogP contribution >= 0.6 is 11.8 Å². The number of amides is 2. The smallest absolute Gasteiger partial charge is 0.347 e. The molecule has 0 spiro atoms. The van der Waals surface area contributed by atoms with Crippen LogP contribution in [0.4, 0.5) is 10.5 Å². The number of amidine groups is 1. The molecule has 5 heteroatoms. The number of nitrogens with zero attached hydrogens (tertiary/aromatic N) is 2.